The Kier molecular flexibility index (Phi) is 7.25. The minimum atomic E-state index is -1.27. The summed E-state index contributed by atoms with van der Waals surface area (Å²) in [7, 11) is 0.293. The number of piperidine rings is 1. The summed E-state index contributed by atoms with van der Waals surface area (Å²) in [4.78, 5) is 20.8. The zero-order valence-corrected chi connectivity index (χ0v) is 23.8. The summed E-state index contributed by atoms with van der Waals surface area (Å²) in [6.45, 7) is 10.5. The van der Waals surface area contributed by atoms with Gasteiger partial charge in [0, 0.05) is 61.2 Å². The van der Waals surface area contributed by atoms with E-state index in [9.17, 15) is 4.21 Å². The number of nitrogens with one attached hydrogen (secondary N) is 2. The van der Waals surface area contributed by atoms with Crippen LogP contribution in [0.25, 0.3) is 21.5 Å². The second kappa shape index (κ2) is 10.6. The minimum Gasteiger partial charge on any atom is -0.480 e. The van der Waals surface area contributed by atoms with Gasteiger partial charge < -0.3 is 24.4 Å². The fourth-order valence-corrected chi connectivity index (χ4v) is 7.19. The number of likely N-dealkylation sites (tertiary alicyclic amines) is 1. The minimum absolute atomic E-state index is 0.398. The lowest BCUT2D eigenvalue weighted by molar-refractivity contribution is 0.0521. The first-order chi connectivity index (χ1) is 18.4. The van der Waals surface area contributed by atoms with Gasteiger partial charge in [0.2, 0.25) is 11.8 Å². The van der Waals surface area contributed by atoms with Crippen LogP contribution in [0.15, 0.2) is 12.3 Å². The summed E-state index contributed by atoms with van der Waals surface area (Å²) in [5.41, 5.74) is 5.09. The van der Waals surface area contributed by atoms with Crippen LogP contribution < -0.4 is 19.7 Å². The van der Waals surface area contributed by atoms with Crippen molar-refractivity contribution in [1.82, 2.24) is 25.2 Å². The molecular weight excluding hydrogens is 522 g/mol. The molecule has 1 unspecified atom stereocenters. The van der Waals surface area contributed by atoms with E-state index >= 15 is 0 Å². The maximum Gasteiger partial charge on any atom is 0.238 e. The molecule has 0 radical (unpaired) electrons. The molecule has 3 aliphatic heterocycles. The van der Waals surface area contributed by atoms with E-state index in [1.165, 1.54) is 36.4 Å². The molecule has 38 heavy (non-hydrogen) atoms. The third-order valence-electron chi connectivity index (χ3n) is 7.98. The van der Waals surface area contributed by atoms with Gasteiger partial charge in [-0.2, -0.15) is 0 Å². The quantitative estimate of drug-likeness (QED) is 0.454. The lowest BCUT2D eigenvalue weighted by Gasteiger charge is -2.48. The average molecular weight is 558 g/mol. The molecule has 1 atom stereocenters. The third-order valence-corrected chi connectivity index (χ3v) is 9.63. The molecule has 0 amide bonds. The smallest absolute Gasteiger partial charge is 0.238 e. The van der Waals surface area contributed by atoms with Crippen molar-refractivity contribution >= 4 is 44.2 Å². The van der Waals surface area contributed by atoms with Gasteiger partial charge in [-0.05, 0) is 44.3 Å². The summed E-state index contributed by atoms with van der Waals surface area (Å²) in [6.07, 6.45) is 5.88. The number of hydrogen-bond donors (Lipinski definition) is 2. The number of fused-ring (bicyclic) bond motifs is 1. The van der Waals surface area contributed by atoms with E-state index in [4.69, 9.17) is 19.4 Å². The lowest BCUT2D eigenvalue weighted by atomic mass is 9.73. The summed E-state index contributed by atoms with van der Waals surface area (Å²) < 4.78 is 27.0. The van der Waals surface area contributed by atoms with Crippen molar-refractivity contribution < 1.29 is 13.7 Å². The van der Waals surface area contributed by atoms with Gasteiger partial charge in [-0.15, -0.1) is 11.3 Å². The van der Waals surface area contributed by atoms with E-state index in [1.54, 1.807) is 30.9 Å². The second-order valence-electron chi connectivity index (χ2n) is 10.5. The number of aromatic nitrogens is 3. The Morgan fingerprint density at radius 1 is 1.21 bits per heavy atom. The van der Waals surface area contributed by atoms with Crippen molar-refractivity contribution in [3.8, 4) is 17.1 Å². The highest BCUT2D eigenvalue weighted by Gasteiger charge is 2.39. The molecule has 204 valence electrons. The molecule has 0 aliphatic carbocycles. The largest absolute Gasteiger partial charge is 0.480 e. The summed E-state index contributed by atoms with van der Waals surface area (Å²) in [5.74, 6) is 1.12. The molecule has 2 N–H and O–H groups in total. The molecule has 3 fully saturated rings. The number of morpholine rings is 1. The Morgan fingerprint density at radius 2 is 1.97 bits per heavy atom. The Balaban J connectivity index is 1.41. The first-order valence-corrected chi connectivity index (χ1v) is 15.5. The van der Waals surface area contributed by atoms with Crippen LogP contribution in [0.3, 0.4) is 0 Å². The van der Waals surface area contributed by atoms with Gasteiger partial charge in [0.15, 0.2) is 0 Å². The number of hydrogen-bond acceptors (Lipinski definition) is 10. The number of nitrogens with zero attached hydrogens (tertiary/aromatic N) is 5. The molecule has 12 heteroatoms. The zero-order chi connectivity index (χ0) is 26.3. The van der Waals surface area contributed by atoms with Crippen LogP contribution in [0.2, 0.25) is 0 Å². The van der Waals surface area contributed by atoms with Gasteiger partial charge in [0.05, 0.1) is 36.2 Å². The number of methoxy groups -OCH3 is 1. The lowest BCUT2D eigenvalue weighted by Crippen LogP contribution is -2.58. The average Bonchev–Trinajstić information content (AvgIpc) is 3.22. The first-order valence-electron chi connectivity index (χ1n) is 13.1. The van der Waals surface area contributed by atoms with Crippen molar-refractivity contribution in [1.29, 1.82) is 0 Å². The van der Waals surface area contributed by atoms with Crippen molar-refractivity contribution in [3.63, 3.8) is 0 Å². The van der Waals surface area contributed by atoms with Crippen LogP contribution in [0.1, 0.15) is 23.3 Å². The van der Waals surface area contributed by atoms with E-state index in [-0.39, 0.29) is 0 Å². The maximum atomic E-state index is 12.0. The van der Waals surface area contributed by atoms with Crippen LogP contribution in [-0.2, 0) is 22.3 Å². The molecule has 6 rings (SSSR count). The number of rotatable bonds is 7. The van der Waals surface area contributed by atoms with Gasteiger partial charge >= 0.3 is 0 Å². The monoisotopic (exact) mass is 557 g/mol. The van der Waals surface area contributed by atoms with Crippen molar-refractivity contribution in [3.05, 3.63) is 22.7 Å². The summed E-state index contributed by atoms with van der Waals surface area (Å²) in [6, 6.07) is 1.92. The molecule has 0 aromatic carbocycles. The van der Waals surface area contributed by atoms with E-state index < -0.39 is 11.0 Å². The maximum absolute atomic E-state index is 12.0. The zero-order valence-electron chi connectivity index (χ0n) is 22.2. The molecule has 10 nitrogen and oxygen atoms in total. The van der Waals surface area contributed by atoms with Gasteiger partial charge in [-0.3, -0.25) is 4.90 Å². The van der Waals surface area contributed by atoms with E-state index in [1.807, 2.05) is 6.07 Å². The topological polar surface area (TPSA) is 105 Å². The van der Waals surface area contributed by atoms with Crippen LogP contribution in [-0.4, -0.2) is 89.9 Å². The Hall–Kier alpha value is -2.38. The van der Waals surface area contributed by atoms with Gasteiger partial charge in [-0.1, -0.05) is 0 Å². The van der Waals surface area contributed by atoms with Crippen LogP contribution in [0.4, 0.5) is 11.6 Å². The Bertz CT molecular complexity index is 1340. The number of aryl methyl sites for hydroxylation is 1. The third kappa shape index (κ3) is 5.00. The fourth-order valence-electron chi connectivity index (χ4n) is 5.62. The molecule has 0 saturated carbocycles. The normalized spacial score (nSPS) is 20.4. The van der Waals surface area contributed by atoms with Gasteiger partial charge in [0.25, 0.3) is 0 Å². The number of ether oxygens (including phenoxy) is 2. The predicted octanol–water partition coefficient (Wildman–Crippen LogP) is 2.80. The second-order valence-corrected chi connectivity index (χ2v) is 12.8. The van der Waals surface area contributed by atoms with Crippen molar-refractivity contribution in [2.45, 2.75) is 26.3 Å². The van der Waals surface area contributed by atoms with E-state index in [2.05, 4.69) is 31.7 Å². The van der Waals surface area contributed by atoms with Crippen LogP contribution in [0, 0.1) is 12.3 Å². The molecule has 3 aromatic heterocycles. The number of thiophene rings is 1. The molecular formula is C26H35N7O3S2. The fraction of sp³-hybridized carbons (Fsp3) is 0.577. The molecule has 0 bridgehead atoms. The van der Waals surface area contributed by atoms with E-state index in [0.29, 0.717) is 30.2 Å². The molecule has 3 saturated heterocycles. The van der Waals surface area contributed by atoms with Crippen LogP contribution >= 0.6 is 11.3 Å². The number of pyridine rings is 1. The predicted molar refractivity (Wildman–Crippen MR) is 152 cm³/mol. The Morgan fingerprint density at radius 3 is 2.63 bits per heavy atom. The standard InChI is InChI=1S/C26H35N7O3S2/c1-17-19(14-32-6-4-26(5-7-32)15-27-16-26)22-23(37-17)21(29-25(30-22)33-8-10-36-11-9-33)18-12-20(31-38(3)34)24(35-2)28-13-18/h12-13,27,31H,4-11,14-16H2,1-3H3. The number of anilines is 2. The highest BCUT2D eigenvalue weighted by molar-refractivity contribution is 7.85. The first kappa shape index (κ1) is 25.9. The SMILES string of the molecule is COc1ncc(-c2nc(N3CCOCC3)nc3c(CN4CCC5(CC4)CNC5)c(C)sc23)cc1NS(C)=O. The van der Waals surface area contributed by atoms with Crippen molar-refractivity contribution in [2.75, 3.05) is 75.5 Å². The molecule has 1 spiro atoms. The summed E-state index contributed by atoms with van der Waals surface area (Å²) >= 11 is 1.75. The summed E-state index contributed by atoms with van der Waals surface area (Å²) in [5, 5.41) is 3.46. The highest BCUT2D eigenvalue weighted by atomic mass is 32.2. The Labute approximate surface area is 229 Å². The van der Waals surface area contributed by atoms with E-state index in [0.717, 1.165) is 60.1 Å². The van der Waals surface area contributed by atoms with Gasteiger partial charge in [0.1, 0.15) is 16.7 Å². The molecule has 6 heterocycles. The van der Waals surface area contributed by atoms with Crippen molar-refractivity contribution in [2.24, 2.45) is 5.41 Å². The van der Waals surface area contributed by atoms with Gasteiger partial charge in [-0.25, -0.2) is 19.2 Å². The van der Waals surface area contributed by atoms with Crippen LogP contribution in [0.5, 0.6) is 5.88 Å². The molecule has 3 aromatic rings. The highest BCUT2D eigenvalue weighted by Crippen LogP contribution is 2.41. The molecule has 3 aliphatic rings.